The average Bonchev–Trinajstić information content (AvgIpc) is 3.21. The van der Waals surface area contributed by atoms with Gasteiger partial charge in [0.1, 0.15) is 11.5 Å². The van der Waals surface area contributed by atoms with Crippen molar-refractivity contribution in [3.8, 4) is 11.5 Å². The molecule has 4 aromatic rings. The van der Waals surface area contributed by atoms with Crippen LogP contribution in [0.5, 0.6) is 11.5 Å². The van der Waals surface area contributed by atoms with E-state index in [2.05, 4.69) is 10.1 Å². The second kappa shape index (κ2) is 7.20. The summed E-state index contributed by atoms with van der Waals surface area (Å²) >= 11 is 1.31. The van der Waals surface area contributed by atoms with Crippen LogP contribution in [-0.4, -0.2) is 28.8 Å². The summed E-state index contributed by atoms with van der Waals surface area (Å²) in [6.07, 6.45) is 2.39. The van der Waals surface area contributed by atoms with Crippen molar-refractivity contribution in [2.24, 2.45) is 0 Å². The van der Waals surface area contributed by atoms with Crippen LogP contribution >= 0.6 is 11.3 Å². The molecular formula is C20H17N3O3S. The molecule has 2 aromatic heterocycles. The van der Waals surface area contributed by atoms with Crippen LogP contribution in [-0.2, 0) is 6.42 Å². The first kappa shape index (κ1) is 17.2. The van der Waals surface area contributed by atoms with Gasteiger partial charge < -0.3 is 9.47 Å². The van der Waals surface area contributed by atoms with Crippen LogP contribution in [0.3, 0.4) is 0 Å². The molecule has 27 heavy (non-hydrogen) atoms. The van der Waals surface area contributed by atoms with Gasteiger partial charge in [0.25, 0.3) is 5.56 Å². The number of hydrogen-bond donors (Lipinski definition) is 0. The summed E-state index contributed by atoms with van der Waals surface area (Å²) in [6.45, 7) is 0. The van der Waals surface area contributed by atoms with Crippen molar-refractivity contribution in [3.05, 3.63) is 80.4 Å². The molecule has 0 aliphatic heterocycles. The lowest BCUT2D eigenvalue weighted by Gasteiger charge is -2.06. The molecule has 0 saturated carbocycles. The molecule has 0 spiro atoms. The van der Waals surface area contributed by atoms with Gasteiger partial charge in [-0.3, -0.25) is 4.79 Å². The molecule has 136 valence electrons. The fourth-order valence-electron chi connectivity index (χ4n) is 2.81. The number of fused-ring (bicyclic) bond motifs is 1. The van der Waals surface area contributed by atoms with Gasteiger partial charge in [0, 0.05) is 18.1 Å². The number of ether oxygens (including phenoxy) is 2. The first-order chi connectivity index (χ1) is 13.2. The summed E-state index contributed by atoms with van der Waals surface area (Å²) in [5, 5.41) is 4.37. The molecular weight excluding hydrogens is 362 g/mol. The maximum atomic E-state index is 12.7. The van der Waals surface area contributed by atoms with Crippen LogP contribution in [0.25, 0.3) is 11.0 Å². The molecule has 4 rings (SSSR count). The lowest BCUT2D eigenvalue weighted by molar-refractivity contribution is 0.393. The standard InChI is InChI=1S/C20H17N3O3S/c1-25-15-9-8-14(16(12-15)26-2)11-17-19(24)23-20(27-17)21-18(22-23)10-13-6-4-3-5-7-13/h3-9,11-12H,10H2,1-2H3/b17-11-. The van der Waals surface area contributed by atoms with Crippen LogP contribution < -0.4 is 19.6 Å². The summed E-state index contributed by atoms with van der Waals surface area (Å²) in [5.41, 5.74) is 1.72. The maximum absolute atomic E-state index is 12.7. The largest absolute Gasteiger partial charge is 0.497 e. The number of nitrogens with zero attached hydrogens (tertiary/aromatic N) is 3. The molecule has 0 N–H and O–H groups in total. The minimum atomic E-state index is -0.181. The maximum Gasteiger partial charge on any atom is 0.291 e. The van der Waals surface area contributed by atoms with Crippen molar-refractivity contribution < 1.29 is 9.47 Å². The van der Waals surface area contributed by atoms with Crippen molar-refractivity contribution in [2.75, 3.05) is 14.2 Å². The fourth-order valence-corrected chi connectivity index (χ4v) is 3.72. The summed E-state index contributed by atoms with van der Waals surface area (Å²) < 4.78 is 12.5. The Kier molecular flexibility index (Phi) is 4.60. The van der Waals surface area contributed by atoms with E-state index in [0.717, 1.165) is 11.1 Å². The van der Waals surface area contributed by atoms with Crippen LogP contribution in [0.2, 0.25) is 0 Å². The van der Waals surface area contributed by atoms with Crippen molar-refractivity contribution in [1.29, 1.82) is 0 Å². The monoisotopic (exact) mass is 379 g/mol. The van der Waals surface area contributed by atoms with Gasteiger partial charge in [-0.05, 0) is 23.8 Å². The topological polar surface area (TPSA) is 65.7 Å². The lowest BCUT2D eigenvalue weighted by Crippen LogP contribution is -2.23. The molecule has 2 heterocycles. The molecule has 0 aliphatic rings. The Morgan fingerprint density at radius 2 is 1.93 bits per heavy atom. The van der Waals surface area contributed by atoms with Gasteiger partial charge >= 0.3 is 0 Å². The molecule has 7 heteroatoms. The number of rotatable bonds is 5. The van der Waals surface area contributed by atoms with Crippen molar-refractivity contribution in [2.45, 2.75) is 6.42 Å². The SMILES string of the molecule is COc1ccc(/C=c2\sc3nc(Cc4ccccc4)nn3c2=O)c(OC)c1. The van der Waals surface area contributed by atoms with E-state index in [4.69, 9.17) is 9.47 Å². The Morgan fingerprint density at radius 1 is 1.11 bits per heavy atom. The minimum Gasteiger partial charge on any atom is -0.497 e. The third-order valence-corrected chi connectivity index (χ3v) is 5.12. The van der Waals surface area contributed by atoms with Gasteiger partial charge in [-0.2, -0.15) is 4.52 Å². The summed E-state index contributed by atoms with van der Waals surface area (Å²) in [4.78, 5) is 17.8. The van der Waals surface area contributed by atoms with Crippen molar-refractivity contribution in [3.63, 3.8) is 0 Å². The minimum absolute atomic E-state index is 0.181. The zero-order chi connectivity index (χ0) is 18.8. The number of thiazole rings is 1. The van der Waals surface area contributed by atoms with Gasteiger partial charge in [0.15, 0.2) is 5.82 Å². The van der Waals surface area contributed by atoms with E-state index in [-0.39, 0.29) is 5.56 Å². The van der Waals surface area contributed by atoms with Gasteiger partial charge in [-0.1, -0.05) is 41.7 Å². The molecule has 0 fully saturated rings. The van der Waals surface area contributed by atoms with E-state index in [1.165, 1.54) is 15.9 Å². The van der Waals surface area contributed by atoms with Crippen LogP contribution in [0.4, 0.5) is 0 Å². The Morgan fingerprint density at radius 3 is 2.63 bits per heavy atom. The summed E-state index contributed by atoms with van der Waals surface area (Å²) in [6, 6.07) is 15.4. The molecule has 0 amide bonds. The smallest absolute Gasteiger partial charge is 0.291 e. The highest BCUT2D eigenvalue weighted by Crippen LogP contribution is 2.25. The Balaban J connectivity index is 1.72. The molecule has 6 nitrogen and oxygen atoms in total. The molecule has 0 atom stereocenters. The highest BCUT2D eigenvalue weighted by molar-refractivity contribution is 7.15. The van der Waals surface area contributed by atoms with Crippen molar-refractivity contribution >= 4 is 22.4 Å². The molecule has 0 unspecified atom stereocenters. The molecule has 2 aromatic carbocycles. The lowest BCUT2D eigenvalue weighted by atomic mass is 10.1. The molecule has 0 saturated heterocycles. The first-order valence-corrected chi connectivity index (χ1v) is 9.15. The van der Waals surface area contributed by atoms with E-state index in [1.807, 2.05) is 42.5 Å². The molecule has 0 aliphatic carbocycles. The zero-order valence-electron chi connectivity index (χ0n) is 14.9. The number of benzene rings is 2. The third-order valence-electron chi connectivity index (χ3n) is 4.16. The summed E-state index contributed by atoms with van der Waals surface area (Å²) in [5.74, 6) is 1.97. The zero-order valence-corrected chi connectivity index (χ0v) is 15.7. The van der Waals surface area contributed by atoms with E-state index in [0.29, 0.717) is 33.2 Å². The molecule has 0 bridgehead atoms. The van der Waals surface area contributed by atoms with Crippen LogP contribution in [0.15, 0.2) is 53.3 Å². The fraction of sp³-hybridized carbons (Fsp3) is 0.150. The average molecular weight is 379 g/mol. The summed E-state index contributed by atoms with van der Waals surface area (Å²) in [7, 11) is 3.18. The Bertz CT molecular complexity index is 1200. The quantitative estimate of drug-likeness (QED) is 0.532. The predicted octanol–water partition coefficient (Wildman–Crippen LogP) is 2.31. The second-order valence-electron chi connectivity index (χ2n) is 5.91. The van der Waals surface area contributed by atoms with Crippen LogP contribution in [0, 0.1) is 0 Å². The number of aromatic nitrogens is 3. The van der Waals surface area contributed by atoms with Crippen molar-refractivity contribution in [1.82, 2.24) is 14.6 Å². The Hall–Kier alpha value is -3.19. The predicted molar refractivity (Wildman–Crippen MR) is 105 cm³/mol. The van der Waals surface area contributed by atoms with E-state index in [1.54, 1.807) is 26.4 Å². The highest BCUT2D eigenvalue weighted by Gasteiger charge is 2.12. The van der Waals surface area contributed by atoms with Gasteiger partial charge in [-0.15, -0.1) is 5.10 Å². The van der Waals surface area contributed by atoms with Crippen LogP contribution in [0.1, 0.15) is 17.0 Å². The number of methoxy groups -OCH3 is 2. The highest BCUT2D eigenvalue weighted by atomic mass is 32.1. The normalized spacial score (nSPS) is 11.9. The van der Waals surface area contributed by atoms with Gasteiger partial charge in [-0.25, -0.2) is 4.98 Å². The van der Waals surface area contributed by atoms with E-state index >= 15 is 0 Å². The van der Waals surface area contributed by atoms with Gasteiger partial charge in [0.05, 0.1) is 18.8 Å². The molecule has 0 radical (unpaired) electrons. The second-order valence-corrected chi connectivity index (χ2v) is 6.92. The Labute approximate surface area is 159 Å². The van der Waals surface area contributed by atoms with E-state index < -0.39 is 0 Å². The third kappa shape index (κ3) is 3.41. The first-order valence-electron chi connectivity index (χ1n) is 8.34. The van der Waals surface area contributed by atoms with E-state index in [9.17, 15) is 4.79 Å². The van der Waals surface area contributed by atoms with Gasteiger partial charge in [0.2, 0.25) is 4.96 Å². The number of hydrogen-bond acceptors (Lipinski definition) is 6.